The molecule has 184 valence electrons. The van der Waals surface area contributed by atoms with Crippen molar-refractivity contribution >= 4 is 32.8 Å². The average molecular weight is 496 g/mol. The van der Waals surface area contributed by atoms with E-state index in [9.17, 15) is 13.2 Å². The number of benzene rings is 1. The fraction of sp³-hybridized carbons (Fsp3) is 0.400. The molecule has 0 bridgehead atoms. The molecule has 1 aliphatic heterocycles. The number of carbonyl (C=O) groups is 1. The molecule has 3 aromatic heterocycles. The number of aryl methyl sites for hydroxylation is 1. The fourth-order valence-electron chi connectivity index (χ4n) is 4.54. The number of likely N-dealkylation sites (tertiary alicyclic amines) is 1. The third-order valence-electron chi connectivity index (χ3n) is 6.20. The van der Waals surface area contributed by atoms with Crippen LogP contribution in [0.5, 0.6) is 0 Å². The molecule has 0 spiro atoms. The summed E-state index contributed by atoms with van der Waals surface area (Å²) in [5.74, 6) is 0.771. The molecule has 1 amide bonds. The van der Waals surface area contributed by atoms with Crippen LogP contribution in [0.3, 0.4) is 0 Å². The first-order valence-corrected chi connectivity index (χ1v) is 13.1. The van der Waals surface area contributed by atoms with Crippen LogP contribution in [0.15, 0.2) is 53.8 Å². The van der Waals surface area contributed by atoms with Gasteiger partial charge in [0.25, 0.3) is 10.0 Å². The van der Waals surface area contributed by atoms with E-state index in [-0.39, 0.29) is 16.9 Å². The number of piperidine rings is 1. The van der Waals surface area contributed by atoms with E-state index in [0.29, 0.717) is 24.3 Å². The molecule has 4 heterocycles. The monoisotopic (exact) mass is 495 g/mol. The summed E-state index contributed by atoms with van der Waals surface area (Å²) in [6.07, 6.45) is 6.27. The lowest BCUT2D eigenvalue weighted by atomic mass is 9.97. The molecule has 9 nitrogen and oxygen atoms in total. The van der Waals surface area contributed by atoms with E-state index in [4.69, 9.17) is 4.74 Å². The number of amides is 1. The van der Waals surface area contributed by atoms with Crippen LogP contribution in [0.1, 0.15) is 50.9 Å². The van der Waals surface area contributed by atoms with Gasteiger partial charge in [-0.05, 0) is 58.7 Å². The Kier molecular flexibility index (Phi) is 5.58. The zero-order valence-electron chi connectivity index (χ0n) is 20.3. The lowest BCUT2D eigenvalue weighted by Crippen LogP contribution is -2.42. The predicted molar refractivity (Wildman–Crippen MR) is 132 cm³/mol. The maximum absolute atomic E-state index is 13.4. The maximum Gasteiger partial charge on any atom is 0.410 e. The summed E-state index contributed by atoms with van der Waals surface area (Å²) in [7, 11) is -3.81. The highest BCUT2D eigenvalue weighted by molar-refractivity contribution is 7.90. The van der Waals surface area contributed by atoms with Crippen molar-refractivity contribution in [2.24, 2.45) is 0 Å². The highest BCUT2D eigenvalue weighted by atomic mass is 32.2. The van der Waals surface area contributed by atoms with Crippen molar-refractivity contribution in [1.82, 2.24) is 23.2 Å². The molecule has 10 heteroatoms. The lowest BCUT2D eigenvalue weighted by molar-refractivity contribution is 0.0196. The summed E-state index contributed by atoms with van der Waals surface area (Å²) >= 11 is 0. The number of imidazole rings is 1. The molecule has 1 aliphatic rings. The number of aromatic nitrogens is 4. The molecule has 1 saturated heterocycles. The highest BCUT2D eigenvalue weighted by Gasteiger charge is 2.31. The van der Waals surface area contributed by atoms with Crippen LogP contribution in [0.2, 0.25) is 0 Å². The Bertz CT molecular complexity index is 1510. The fourth-order valence-corrected chi connectivity index (χ4v) is 5.84. The van der Waals surface area contributed by atoms with Gasteiger partial charge < -0.3 is 9.64 Å². The normalized spacial score (nSPS) is 17.3. The lowest BCUT2D eigenvalue weighted by Gasteiger charge is -2.33. The number of rotatable bonds is 3. The van der Waals surface area contributed by atoms with Gasteiger partial charge in [-0.1, -0.05) is 17.7 Å². The SMILES string of the molecule is Cc1ccc(S(=O)(=O)n2ccc3c2ncc2cnc(C4CCCN(C(=O)OC(C)(C)C)C4)n23)cc1. The number of hydrogen-bond donors (Lipinski definition) is 0. The van der Waals surface area contributed by atoms with Gasteiger partial charge in [-0.25, -0.2) is 27.2 Å². The first kappa shape index (κ1) is 23.3. The first-order valence-electron chi connectivity index (χ1n) is 11.7. The van der Waals surface area contributed by atoms with Crippen LogP contribution >= 0.6 is 0 Å². The second-order valence-corrected chi connectivity index (χ2v) is 11.9. The highest BCUT2D eigenvalue weighted by Crippen LogP contribution is 2.30. The molecular weight excluding hydrogens is 466 g/mol. The molecule has 5 rings (SSSR count). The summed E-state index contributed by atoms with van der Waals surface area (Å²) in [6, 6.07) is 8.51. The summed E-state index contributed by atoms with van der Waals surface area (Å²) in [5, 5.41) is 0. The van der Waals surface area contributed by atoms with Crippen molar-refractivity contribution < 1.29 is 17.9 Å². The summed E-state index contributed by atoms with van der Waals surface area (Å²) < 4.78 is 35.4. The third kappa shape index (κ3) is 4.27. The molecular formula is C25H29N5O4S. The van der Waals surface area contributed by atoms with Gasteiger partial charge in [0.15, 0.2) is 5.65 Å². The van der Waals surface area contributed by atoms with Gasteiger partial charge in [0.1, 0.15) is 11.4 Å². The van der Waals surface area contributed by atoms with Gasteiger partial charge in [0.05, 0.1) is 28.3 Å². The number of carbonyl (C=O) groups excluding carboxylic acids is 1. The second kappa shape index (κ2) is 8.37. The number of hydrogen-bond acceptors (Lipinski definition) is 6. The van der Waals surface area contributed by atoms with Crippen LogP contribution in [0, 0.1) is 6.92 Å². The van der Waals surface area contributed by atoms with E-state index >= 15 is 0 Å². The van der Waals surface area contributed by atoms with Gasteiger partial charge in [0.2, 0.25) is 0 Å². The van der Waals surface area contributed by atoms with Gasteiger partial charge in [0, 0.05) is 25.2 Å². The minimum absolute atomic E-state index is 0.0126. The molecule has 1 atom stereocenters. The standard InChI is InChI=1S/C25H29N5O4S/c1-17-7-9-20(10-8-17)35(32,33)29-13-11-21-23(29)27-15-19-14-26-22(30(19)21)18-6-5-12-28(16-18)24(31)34-25(2,3)4/h7-11,13-15,18H,5-6,12,16H2,1-4H3. The first-order chi connectivity index (χ1) is 16.5. The van der Waals surface area contributed by atoms with Crippen molar-refractivity contribution in [3.63, 3.8) is 0 Å². The van der Waals surface area contributed by atoms with Crippen LogP contribution in [0.25, 0.3) is 16.7 Å². The van der Waals surface area contributed by atoms with Crippen LogP contribution in [-0.2, 0) is 14.8 Å². The van der Waals surface area contributed by atoms with Crippen molar-refractivity contribution in [2.45, 2.75) is 57.0 Å². The zero-order valence-corrected chi connectivity index (χ0v) is 21.1. The average Bonchev–Trinajstić information content (AvgIpc) is 3.43. The molecule has 0 saturated carbocycles. The van der Waals surface area contributed by atoms with E-state index in [1.807, 2.05) is 32.1 Å². The van der Waals surface area contributed by atoms with Crippen molar-refractivity contribution in [2.75, 3.05) is 13.1 Å². The molecule has 1 unspecified atom stereocenters. The Morgan fingerprint density at radius 2 is 1.80 bits per heavy atom. The topological polar surface area (TPSA) is 98.8 Å². The van der Waals surface area contributed by atoms with Gasteiger partial charge in [-0.2, -0.15) is 0 Å². The Balaban J connectivity index is 1.54. The van der Waals surface area contributed by atoms with E-state index in [1.165, 1.54) is 10.2 Å². The van der Waals surface area contributed by atoms with Crippen LogP contribution in [0.4, 0.5) is 4.79 Å². The molecule has 0 N–H and O–H groups in total. The number of fused-ring (bicyclic) bond motifs is 3. The number of nitrogens with zero attached hydrogens (tertiary/aromatic N) is 5. The predicted octanol–water partition coefficient (Wildman–Crippen LogP) is 4.34. The maximum atomic E-state index is 13.4. The number of ether oxygens (including phenoxy) is 1. The molecule has 4 aromatic rings. The zero-order chi connectivity index (χ0) is 25.0. The molecule has 0 aliphatic carbocycles. The molecule has 1 fully saturated rings. The van der Waals surface area contributed by atoms with E-state index in [1.54, 1.807) is 47.6 Å². The smallest absolute Gasteiger partial charge is 0.410 e. The van der Waals surface area contributed by atoms with E-state index in [2.05, 4.69) is 9.97 Å². The Labute approximate surface area is 204 Å². The molecule has 0 radical (unpaired) electrons. The van der Waals surface area contributed by atoms with Gasteiger partial charge in [-0.3, -0.25) is 4.40 Å². The second-order valence-electron chi connectivity index (χ2n) is 10.0. The Morgan fingerprint density at radius 3 is 2.51 bits per heavy atom. The summed E-state index contributed by atoms with van der Waals surface area (Å²) in [4.78, 5) is 23.7. The van der Waals surface area contributed by atoms with Crippen molar-refractivity contribution in [3.8, 4) is 0 Å². The van der Waals surface area contributed by atoms with Crippen LogP contribution < -0.4 is 0 Å². The Hall–Kier alpha value is -3.40. The summed E-state index contributed by atoms with van der Waals surface area (Å²) in [5.41, 5.74) is 2.18. The van der Waals surface area contributed by atoms with E-state index in [0.717, 1.165) is 29.7 Å². The Morgan fingerprint density at radius 1 is 1.09 bits per heavy atom. The molecule has 35 heavy (non-hydrogen) atoms. The minimum atomic E-state index is -3.81. The van der Waals surface area contributed by atoms with Crippen molar-refractivity contribution in [3.05, 3.63) is 60.3 Å². The van der Waals surface area contributed by atoms with Crippen molar-refractivity contribution in [1.29, 1.82) is 0 Å². The minimum Gasteiger partial charge on any atom is -0.444 e. The third-order valence-corrected chi connectivity index (χ3v) is 7.88. The van der Waals surface area contributed by atoms with Crippen LogP contribution in [-0.4, -0.2) is 56.4 Å². The molecule has 1 aromatic carbocycles. The quantitative estimate of drug-likeness (QED) is 0.419. The van der Waals surface area contributed by atoms with E-state index < -0.39 is 15.6 Å². The van der Waals surface area contributed by atoms with Gasteiger partial charge in [-0.15, -0.1) is 0 Å². The summed E-state index contributed by atoms with van der Waals surface area (Å²) in [6.45, 7) is 8.60. The largest absolute Gasteiger partial charge is 0.444 e. The van der Waals surface area contributed by atoms with Gasteiger partial charge >= 0.3 is 6.09 Å².